The summed E-state index contributed by atoms with van der Waals surface area (Å²) in [4.78, 5) is 28.6. The summed E-state index contributed by atoms with van der Waals surface area (Å²) in [6.45, 7) is 0.445. The molecule has 0 spiro atoms. The smallest absolute Gasteiger partial charge is 0.307 e. The van der Waals surface area contributed by atoms with Crippen LogP contribution < -0.4 is 4.74 Å². The van der Waals surface area contributed by atoms with Gasteiger partial charge in [-0.3, -0.25) is 9.59 Å². The number of hydrogen-bond acceptors (Lipinski definition) is 6. The molecule has 0 aliphatic carbocycles. The molecule has 0 aromatic heterocycles. The number of fused-ring (bicyclic) bond motifs is 1. The number of amides is 1. The fourth-order valence-corrected chi connectivity index (χ4v) is 5.40. The molecule has 1 amide bonds. The Kier molecular flexibility index (Phi) is 5.52. The van der Waals surface area contributed by atoms with Gasteiger partial charge in [-0.25, -0.2) is 0 Å². The highest BCUT2D eigenvalue weighted by Crippen LogP contribution is 2.51. The molecule has 0 radical (unpaired) electrons. The van der Waals surface area contributed by atoms with Crippen molar-refractivity contribution < 1.29 is 23.8 Å². The SMILES string of the molecule is COC(=O)C[C@]1(Sc2ccccc2)C[C@H]2CO[C@H](c3ccc(OC)cc3)N2C1=O. The van der Waals surface area contributed by atoms with Crippen LogP contribution in [0.1, 0.15) is 24.6 Å². The molecule has 2 heterocycles. The highest BCUT2D eigenvalue weighted by Gasteiger charge is 2.58. The Morgan fingerprint density at radius 2 is 1.90 bits per heavy atom. The molecule has 2 saturated heterocycles. The molecular formula is C22H23NO5S. The van der Waals surface area contributed by atoms with E-state index in [1.807, 2.05) is 54.6 Å². The third kappa shape index (κ3) is 3.72. The van der Waals surface area contributed by atoms with Gasteiger partial charge in [-0.2, -0.15) is 0 Å². The van der Waals surface area contributed by atoms with Gasteiger partial charge in [-0.1, -0.05) is 30.3 Å². The fraction of sp³-hybridized carbons (Fsp3) is 0.364. The second kappa shape index (κ2) is 8.08. The van der Waals surface area contributed by atoms with E-state index in [4.69, 9.17) is 14.2 Å². The van der Waals surface area contributed by atoms with Crippen molar-refractivity contribution in [3.8, 4) is 5.75 Å². The predicted molar refractivity (Wildman–Crippen MR) is 109 cm³/mol. The van der Waals surface area contributed by atoms with Crippen LogP contribution in [0.2, 0.25) is 0 Å². The molecule has 6 nitrogen and oxygen atoms in total. The molecular weight excluding hydrogens is 390 g/mol. The zero-order chi connectivity index (χ0) is 20.4. The lowest BCUT2D eigenvalue weighted by atomic mass is 10.00. The maximum absolute atomic E-state index is 13.7. The molecule has 2 aliphatic heterocycles. The van der Waals surface area contributed by atoms with Crippen LogP contribution in [-0.2, 0) is 19.1 Å². The quantitative estimate of drug-likeness (QED) is 0.676. The summed E-state index contributed by atoms with van der Waals surface area (Å²) >= 11 is 1.44. The van der Waals surface area contributed by atoms with Crippen LogP contribution in [0.4, 0.5) is 0 Å². The van der Waals surface area contributed by atoms with Gasteiger partial charge < -0.3 is 19.1 Å². The van der Waals surface area contributed by atoms with E-state index in [-0.39, 0.29) is 24.3 Å². The van der Waals surface area contributed by atoms with Crippen molar-refractivity contribution >= 4 is 23.6 Å². The number of methoxy groups -OCH3 is 2. The van der Waals surface area contributed by atoms with Crippen molar-refractivity contribution in [3.63, 3.8) is 0 Å². The van der Waals surface area contributed by atoms with E-state index in [1.165, 1.54) is 18.9 Å². The first-order valence-corrected chi connectivity index (χ1v) is 10.3. The summed E-state index contributed by atoms with van der Waals surface area (Å²) in [6.07, 6.45) is 0.103. The number of esters is 1. The summed E-state index contributed by atoms with van der Waals surface area (Å²) in [5, 5.41) is 0. The molecule has 0 unspecified atom stereocenters. The van der Waals surface area contributed by atoms with Gasteiger partial charge >= 0.3 is 5.97 Å². The highest BCUT2D eigenvalue weighted by atomic mass is 32.2. The van der Waals surface area contributed by atoms with E-state index in [0.717, 1.165) is 16.2 Å². The van der Waals surface area contributed by atoms with Crippen LogP contribution in [0, 0.1) is 0 Å². The normalized spacial score (nSPS) is 25.7. The highest BCUT2D eigenvalue weighted by molar-refractivity contribution is 8.01. The van der Waals surface area contributed by atoms with Crippen LogP contribution in [0.3, 0.4) is 0 Å². The van der Waals surface area contributed by atoms with Gasteiger partial charge in [0, 0.05) is 10.5 Å². The summed E-state index contributed by atoms with van der Waals surface area (Å²) in [7, 11) is 2.97. The lowest BCUT2D eigenvalue weighted by Gasteiger charge is -2.29. The van der Waals surface area contributed by atoms with Crippen molar-refractivity contribution in [1.82, 2.24) is 4.90 Å². The predicted octanol–water partition coefficient (Wildman–Crippen LogP) is 3.42. The van der Waals surface area contributed by atoms with Gasteiger partial charge in [0.2, 0.25) is 5.91 Å². The molecule has 2 aromatic rings. The van der Waals surface area contributed by atoms with Crippen LogP contribution in [-0.4, -0.2) is 48.4 Å². The number of carbonyl (C=O) groups is 2. The number of nitrogens with zero attached hydrogens (tertiary/aromatic N) is 1. The van der Waals surface area contributed by atoms with Gasteiger partial charge in [0.15, 0.2) is 6.23 Å². The van der Waals surface area contributed by atoms with Gasteiger partial charge in [-0.05, 0) is 30.7 Å². The lowest BCUT2D eigenvalue weighted by Crippen LogP contribution is -2.40. The number of benzene rings is 2. The molecule has 0 bridgehead atoms. The van der Waals surface area contributed by atoms with E-state index in [2.05, 4.69) is 0 Å². The Bertz CT molecular complexity index is 888. The summed E-state index contributed by atoms with van der Waals surface area (Å²) < 4.78 is 15.2. The third-order valence-corrected chi connectivity index (χ3v) is 6.78. The molecule has 4 rings (SSSR count). The topological polar surface area (TPSA) is 65.1 Å². The van der Waals surface area contributed by atoms with Crippen LogP contribution >= 0.6 is 11.8 Å². The van der Waals surface area contributed by atoms with Gasteiger partial charge in [0.1, 0.15) is 10.5 Å². The Morgan fingerprint density at radius 3 is 2.55 bits per heavy atom. The second-order valence-corrected chi connectivity index (χ2v) is 8.65. The molecule has 0 N–H and O–H groups in total. The molecule has 0 saturated carbocycles. The van der Waals surface area contributed by atoms with Crippen LogP contribution in [0.15, 0.2) is 59.5 Å². The molecule has 152 valence electrons. The number of rotatable bonds is 6. The van der Waals surface area contributed by atoms with Crippen molar-refractivity contribution in [1.29, 1.82) is 0 Å². The van der Waals surface area contributed by atoms with Gasteiger partial charge in [0.25, 0.3) is 0 Å². The summed E-state index contributed by atoms with van der Waals surface area (Å²) in [6, 6.07) is 17.1. The molecule has 3 atom stereocenters. The average molecular weight is 413 g/mol. The minimum Gasteiger partial charge on any atom is -0.497 e. The number of thioether (sulfide) groups is 1. The summed E-state index contributed by atoms with van der Waals surface area (Å²) in [5.74, 6) is 0.278. The lowest BCUT2D eigenvalue weighted by molar-refractivity contribution is -0.145. The van der Waals surface area contributed by atoms with Gasteiger partial charge in [-0.15, -0.1) is 11.8 Å². The molecule has 2 aliphatic rings. The minimum absolute atomic E-state index is 0.0320. The Morgan fingerprint density at radius 1 is 1.17 bits per heavy atom. The first-order valence-electron chi connectivity index (χ1n) is 9.45. The van der Waals surface area contributed by atoms with Gasteiger partial charge in [0.05, 0.1) is 33.3 Å². The van der Waals surface area contributed by atoms with E-state index < -0.39 is 11.0 Å². The standard InChI is InChI=1S/C22H23NO5S/c1-26-17-10-8-15(9-11-17)20-23-16(14-28-20)12-22(21(23)25,13-19(24)27-2)29-18-6-4-3-5-7-18/h3-11,16,20H,12-14H2,1-2H3/t16-,20+,22+/m0/s1. The Balaban J connectivity index is 1.64. The molecule has 29 heavy (non-hydrogen) atoms. The number of hydrogen-bond donors (Lipinski definition) is 0. The minimum atomic E-state index is -0.895. The van der Waals surface area contributed by atoms with E-state index in [9.17, 15) is 9.59 Å². The zero-order valence-electron chi connectivity index (χ0n) is 16.4. The first-order chi connectivity index (χ1) is 14.1. The average Bonchev–Trinajstić information content (AvgIpc) is 3.27. The van der Waals surface area contributed by atoms with Crippen molar-refractivity contribution in [3.05, 3.63) is 60.2 Å². The van der Waals surface area contributed by atoms with E-state index in [0.29, 0.717) is 13.0 Å². The first kappa shape index (κ1) is 19.8. The monoisotopic (exact) mass is 413 g/mol. The third-order valence-electron chi connectivity index (χ3n) is 5.40. The maximum Gasteiger partial charge on any atom is 0.307 e. The largest absolute Gasteiger partial charge is 0.497 e. The van der Waals surface area contributed by atoms with Crippen molar-refractivity contribution in [2.24, 2.45) is 0 Å². The summed E-state index contributed by atoms with van der Waals surface area (Å²) in [5.41, 5.74) is 0.889. The van der Waals surface area contributed by atoms with E-state index in [1.54, 1.807) is 12.0 Å². The fourth-order valence-electron chi connectivity index (χ4n) is 4.00. The number of ether oxygens (including phenoxy) is 3. The van der Waals surface area contributed by atoms with Crippen LogP contribution in [0.25, 0.3) is 0 Å². The van der Waals surface area contributed by atoms with Crippen LogP contribution in [0.5, 0.6) is 5.75 Å². The van der Waals surface area contributed by atoms with Crippen molar-refractivity contribution in [2.75, 3.05) is 20.8 Å². The maximum atomic E-state index is 13.7. The second-order valence-electron chi connectivity index (χ2n) is 7.19. The van der Waals surface area contributed by atoms with E-state index >= 15 is 0 Å². The Hall–Kier alpha value is -2.51. The van der Waals surface area contributed by atoms with Crippen molar-refractivity contribution in [2.45, 2.75) is 34.8 Å². The number of carbonyl (C=O) groups excluding carboxylic acids is 2. The molecule has 7 heteroatoms. The molecule has 2 aromatic carbocycles. The molecule has 2 fully saturated rings. The zero-order valence-corrected chi connectivity index (χ0v) is 17.2. The Labute approximate surface area is 174 Å².